The molecule has 2 N–H and O–H groups in total. The molecule has 1 aliphatic rings. The second-order valence-corrected chi connectivity index (χ2v) is 11.2. The number of hydrogen-bond acceptors (Lipinski definition) is 4. The van der Waals surface area contributed by atoms with Gasteiger partial charge in [-0.2, -0.15) is 0 Å². The molecule has 8 heteroatoms. The molecule has 0 bridgehead atoms. The molecule has 3 aromatic rings. The summed E-state index contributed by atoms with van der Waals surface area (Å²) in [7, 11) is 0. The van der Waals surface area contributed by atoms with Crippen LogP contribution in [0.25, 0.3) is 0 Å². The van der Waals surface area contributed by atoms with E-state index >= 15 is 0 Å². The highest BCUT2D eigenvalue weighted by Gasteiger charge is 2.27. The molecule has 1 unspecified atom stereocenters. The number of hydrogen-bond donors (Lipinski definition) is 2. The van der Waals surface area contributed by atoms with Gasteiger partial charge in [0.15, 0.2) is 0 Å². The number of halogens is 1. The molecule has 0 spiro atoms. The van der Waals surface area contributed by atoms with E-state index in [0.717, 1.165) is 29.7 Å². The predicted molar refractivity (Wildman–Crippen MR) is 165 cm³/mol. The van der Waals surface area contributed by atoms with Gasteiger partial charge in [-0.25, -0.2) is 4.39 Å². The van der Waals surface area contributed by atoms with Crippen molar-refractivity contribution in [3.63, 3.8) is 0 Å². The predicted octanol–water partition coefficient (Wildman–Crippen LogP) is 5.97. The summed E-state index contributed by atoms with van der Waals surface area (Å²) in [6.45, 7) is 8.69. The highest BCUT2D eigenvalue weighted by atomic mass is 19.1. The van der Waals surface area contributed by atoms with Crippen molar-refractivity contribution in [1.82, 2.24) is 10.2 Å². The molecule has 7 nitrogen and oxygen atoms in total. The number of rotatable bonds is 10. The van der Waals surface area contributed by atoms with Gasteiger partial charge < -0.3 is 20.4 Å². The molecule has 222 valence electrons. The Kier molecular flexibility index (Phi) is 10.7. The van der Waals surface area contributed by atoms with Gasteiger partial charge in [0.1, 0.15) is 5.82 Å². The maximum absolute atomic E-state index is 13.5. The fraction of sp³-hybridized carbons (Fsp3) is 0.382. The summed E-state index contributed by atoms with van der Waals surface area (Å²) in [5.41, 5.74) is 3.55. The molecule has 4 rings (SSSR count). The molecular formula is C34H41FN4O3. The van der Waals surface area contributed by atoms with Gasteiger partial charge in [0.25, 0.3) is 5.91 Å². The number of nitrogens with one attached hydrogen (secondary N) is 2. The minimum absolute atomic E-state index is 0.108. The topological polar surface area (TPSA) is 81.8 Å². The van der Waals surface area contributed by atoms with Crippen LogP contribution in [0.4, 0.5) is 15.8 Å². The van der Waals surface area contributed by atoms with Gasteiger partial charge in [-0.3, -0.25) is 14.4 Å². The van der Waals surface area contributed by atoms with Gasteiger partial charge in [-0.1, -0.05) is 63.2 Å². The first kappa shape index (κ1) is 30.8. The molecule has 3 amide bonds. The summed E-state index contributed by atoms with van der Waals surface area (Å²) in [5, 5.41) is 5.86. The van der Waals surface area contributed by atoms with E-state index in [-0.39, 0.29) is 41.9 Å². The molecular weight excluding hydrogens is 531 g/mol. The molecule has 1 heterocycles. The Morgan fingerprint density at radius 2 is 1.64 bits per heavy atom. The van der Waals surface area contributed by atoms with Crippen molar-refractivity contribution in [2.75, 3.05) is 36.4 Å². The average molecular weight is 573 g/mol. The number of amides is 3. The molecule has 0 aromatic heterocycles. The second kappa shape index (κ2) is 14.6. The normalized spacial score (nSPS) is 14.3. The van der Waals surface area contributed by atoms with Gasteiger partial charge in [-0.05, 0) is 60.2 Å². The molecule has 1 saturated heterocycles. The quantitative estimate of drug-likeness (QED) is 0.314. The highest BCUT2D eigenvalue weighted by Crippen LogP contribution is 2.28. The first-order chi connectivity index (χ1) is 20.2. The van der Waals surface area contributed by atoms with E-state index in [1.807, 2.05) is 68.1 Å². The average Bonchev–Trinajstić information content (AvgIpc) is 3.23. The van der Waals surface area contributed by atoms with Crippen LogP contribution in [-0.4, -0.2) is 48.8 Å². The van der Waals surface area contributed by atoms with E-state index in [1.54, 1.807) is 18.2 Å². The zero-order valence-electron chi connectivity index (χ0n) is 24.7. The number of nitrogens with zero attached hydrogens (tertiary/aromatic N) is 2. The minimum Gasteiger partial charge on any atom is -0.369 e. The third-order valence-electron chi connectivity index (χ3n) is 7.54. The highest BCUT2D eigenvalue weighted by molar-refractivity contribution is 6.02. The summed E-state index contributed by atoms with van der Waals surface area (Å²) in [6, 6.07) is 21.3. The molecule has 42 heavy (non-hydrogen) atoms. The van der Waals surface area contributed by atoms with Gasteiger partial charge in [0.2, 0.25) is 11.8 Å². The Morgan fingerprint density at radius 1 is 0.905 bits per heavy atom. The van der Waals surface area contributed by atoms with E-state index in [4.69, 9.17) is 0 Å². The van der Waals surface area contributed by atoms with E-state index in [9.17, 15) is 18.8 Å². The summed E-state index contributed by atoms with van der Waals surface area (Å²) in [6.07, 6.45) is 1.87. The lowest BCUT2D eigenvalue weighted by Crippen LogP contribution is -2.38. The smallest absolute Gasteiger partial charge is 0.253 e. The maximum Gasteiger partial charge on any atom is 0.253 e. The van der Waals surface area contributed by atoms with Crippen LogP contribution in [0, 0.1) is 11.7 Å². The Morgan fingerprint density at radius 3 is 2.33 bits per heavy atom. The molecule has 1 aliphatic heterocycles. The molecule has 3 aromatic carbocycles. The van der Waals surface area contributed by atoms with Gasteiger partial charge in [-0.15, -0.1) is 0 Å². The van der Waals surface area contributed by atoms with E-state index in [0.29, 0.717) is 43.9 Å². The summed E-state index contributed by atoms with van der Waals surface area (Å²) in [5.74, 6) is -0.574. The number of benzene rings is 3. The lowest BCUT2D eigenvalue weighted by Gasteiger charge is -2.28. The molecule has 0 saturated carbocycles. The fourth-order valence-corrected chi connectivity index (χ4v) is 5.37. The molecule has 1 fully saturated rings. The van der Waals surface area contributed by atoms with E-state index in [2.05, 4.69) is 15.5 Å². The van der Waals surface area contributed by atoms with Crippen molar-refractivity contribution in [2.45, 2.75) is 52.5 Å². The van der Waals surface area contributed by atoms with Crippen molar-refractivity contribution in [3.05, 3.63) is 95.3 Å². The van der Waals surface area contributed by atoms with Gasteiger partial charge >= 0.3 is 0 Å². The van der Waals surface area contributed by atoms with Crippen molar-refractivity contribution in [2.24, 2.45) is 5.92 Å². The van der Waals surface area contributed by atoms with Crippen LogP contribution in [0.1, 0.15) is 67.4 Å². The Hall–Kier alpha value is -4.20. The van der Waals surface area contributed by atoms with Crippen LogP contribution in [0.5, 0.6) is 0 Å². The van der Waals surface area contributed by atoms with Crippen LogP contribution in [-0.2, 0) is 16.1 Å². The second-order valence-electron chi connectivity index (χ2n) is 11.2. The van der Waals surface area contributed by atoms with Crippen molar-refractivity contribution in [1.29, 1.82) is 0 Å². The number of carbonyl (C=O) groups excluding carboxylic acids is 3. The van der Waals surface area contributed by atoms with Crippen molar-refractivity contribution >= 4 is 29.1 Å². The van der Waals surface area contributed by atoms with Gasteiger partial charge in [0.05, 0.1) is 11.5 Å². The van der Waals surface area contributed by atoms with E-state index in [1.165, 1.54) is 12.1 Å². The first-order valence-corrected chi connectivity index (χ1v) is 14.8. The van der Waals surface area contributed by atoms with Crippen molar-refractivity contribution in [3.8, 4) is 0 Å². The van der Waals surface area contributed by atoms with Crippen LogP contribution in [0.3, 0.4) is 0 Å². The minimum atomic E-state index is -0.333. The fourth-order valence-electron chi connectivity index (χ4n) is 5.37. The lowest BCUT2D eigenvalue weighted by atomic mass is 9.95. The number of anilines is 2. The van der Waals surface area contributed by atoms with E-state index < -0.39 is 0 Å². The Balaban J connectivity index is 1.53. The summed E-state index contributed by atoms with van der Waals surface area (Å²) >= 11 is 0. The zero-order chi connectivity index (χ0) is 30.1. The third kappa shape index (κ3) is 8.18. The number of carbonyl (C=O) groups is 3. The largest absolute Gasteiger partial charge is 0.369 e. The summed E-state index contributed by atoms with van der Waals surface area (Å²) in [4.78, 5) is 43.6. The zero-order valence-corrected chi connectivity index (χ0v) is 24.7. The molecule has 0 radical (unpaired) electrons. The van der Waals surface area contributed by atoms with Crippen LogP contribution >= 0.6 is 0 Å². The van der Waals surface area contributed by atoms with Gasteiger partial charge in [0, 0.05) is 50.5 Å². The SMILES string of the molecule is CCC(C(=O)N1CCCN(c2ccc(NC(=O)CC(C)C)cc2C(=O)NCc2ccc(F)cc2)CC1)c1ccccc1. The lowest BCUT2D eigenvalue weighted by molar-refractivity contribution is -0.132. The monoisotopic (exact) mass is 572 g/mol. The van der Waals surface area contributed by atoms with Crippen LogP contribution in [0.2, 0.25) is 0 Å². The first-order valence-electron chi connectivity index (χ1n) is 14.8. The van der Waals surface area contributed by atoms with Crippen LogP contribution in [0.15, 0.2) is 72.8 Å². The molecule has 1 atom stereocenters. The van der Waals surface area contributed by atoms with Crippen LogP contribution < -0.4 is 15.5 Å². The summed E-state index contributed by atoms with van der Waals surface area (Å²) < 4.78 is 13.3. The maximum atomic E-state index is 13.5. The van der Waals surface area contributed by atoms with Crippen molar-refractivity contribution < 1.29 is 18.8 Å². The Bertz CT molecular complexity index is 1360. The standard InChI is InChI=1S/C34H41FN4O3/c1-4-29(26-9-6-5-7-10-26)34(42)39-18-8-17-38(19-20-39)31-16-15-28(37-32(40)21-24(2)3)22-30(31)33(41)36-23-25-11-13-27(35)14-12-25/h5-7,9-16,22,24,29H,4,8,17-21,23H2,1-3H3,(H,36,41)(H,37,40). The third-order valence-corrected chi connectivity index (χ3v) is 7.54. The Labute approximate surface area is 248 Å². The molecule has 0 aliphatic carbocycles.